The van der Waals surface area contributed by atoms with Gasteiger partial charge in [0, 0.05) is 18.9 Å². The SMILES string of the molecule is C[C@@H](CO[Si](c1ccccc1)(c1ccccc1)C(C)(C)C)C1=CCCC1=O. The molecule has 3 rings (SSSR count). The Hall–Kier alpha value is -1.97. The Bertz CT molecular complexity index is 764. The molecule has 1 atom stereocenters. The molecule has 0 aliphatic heterocycles. The molecule has 2 nitrogen and oxygen atoms in total. The number of carbonyl (C=O) groups is 1. The van der Waals surface area contributed by atoms with Gasteiger partial charge in [-0.15, -0.1) is 0 Å². The van der Waals surface area contributed by atoms with Crippen LogP contribution in [0.15, 0.2) is 72.3 Å². The molecule has 0 saturated carbocycles. The summed E-state index contributed by atoms with van der Waals surface area (Å²) in [5.74, 6) is 0.412. The van der Waals surface area contributed by atoms with Crippen LogP contribution >= 0.6 is 0 Å². The molecule has 0 heterocycles. The summed E-state index contributed by atoms with van der Waals surface area (Å²) in [4.78, 5) is 12.2. The van der Waals surface area contributed by atoms with E-state index in [9.17, 15) is 4.79 Å². The molecule has 0 fully saturated rings. The van der Waals surface area contributed by atoms with Gasteiger partial charge in [0.25, 0.3) is 8.32 Å². The molecule has 142 valence electrons. The standard InChI is InChI=1S/C24H30O2Si/c1-19(22-16-11-17-23(22)25)18-26-27(24(2,3)4,20-12-7-5-8-13-20)21-14-9-6-10-15-21/h5-10,12-16,19H,11,17-18H2,1-4H3/t19-/m0/s1. The van der Waals surface area contributed by atoms with Crippen molar-refractivity contribution in [3.05, 3.63) is 72.3 Å². The zero-order valence-corrected chi connectivity index (χ0v) is 17.9. The van der Waals surface area contributed by atoms with E-state index in [2.05, 4.69) is 94.4 Å². The zero-order valence-electron chi connectivity index (χ0n) is 16.9. The molecule has 0 unspecified atom stereocenters. The zero-order chi connectivity index (χ0) is 19.5. The Kier molecular flexibility index (Phi) is 5.83. The van der Waals surface area contributed by atoms with Gasteiger partial charge < -0.3 is 4.43 Å². The van der Waals surface area contributed by atoms with Gasteiger partial charge in [-0.1, -0.05) is 94.4 Å². The summed E-state index contributed by atoms with van der Waals surface area (Å²) in [6, 6.07) is 21.3. The predicted molar refractivity (Wildman–Crippen MR) is 115 cm³/mol. The minimum atomic E-state index is -2.52. The normalized spacial score (nSPS) is 16.3. The lowest BCUT2D eigenvalue weighted by Gasteiger charge is -2.43. The van der Waals surface area contributed by atoms with Crippen molar-refractivity contribution in [1.82, 2.24) is 0 Å². The molecule has 0 N–H and O–H groups in total. The largest absolute Gasteiger partial charge is 0.407 e. The van der Waals surface area contributed by atoms with E-state index < -0.39 is 8.32 Å². The average Bonchev–Trinajstić information content (AvgIpc) is 3.09. The first-order valence-electron chi connectivity index (χ1n) is 9.84. The second kappa shape index (κ2) is 7.95. The summed E-state index contributed by atoms with van der Waals surface area (Å²) >= 11 is 0. The van der Waals surface area contributed by atoms with E-state index in [0.717, 1.165) is 12.0 Å². The third-order valence-corrected chi connectivity index (χ3v) is 10.6. The van der Waals surface area contributed by atoms with Crippen LogP contribution in [0.4, 0.5) is 0 Å². The van der Waals surface area contributed by atoms with E-state index in [0.29, 0.717) is 13.0 Å². The van der Waals surface area contributed by atoms with Crippen LogP contribution in [0.1, 0.15) is 40.5 Å². The molecule has 0 bridgehead atoms. The Labute approximate surface area is 164 Å². The molecule has 0 aromatic heterocycles. The van der Waals surface area contributed by atoms with Crippen LogP contribution in [0, 0.1) is 5.92 Å². The summed E-state index contributed by atoms with van der Waals surface area (Å²) in [5, 5.41) is 2.52. The Balaban J connectivity index is 2.03. The van der Waals surface area contributed by atoms with Crippen LogP contribution in [0.5, 0.6) is 0 Å². The smallest absolute Gasteiger partial charge is 0.261 e. The number of Topliss-reactive ketones (excluding diaryl/α,β-unsaturated/α-hetero) is 1. The molecule has 0 spiro atoms. The van der Waals surface area contributed by atoms with Crippen molar-refractivity contribution in [1.29, 1.82) is 0 Å². The summed E-state index contributed by atoms with van der Waals surface area (Å²) in [6.45, 7) is 9.54. The first-order chi connectivity index (χ1) is 12.9. The van der Waals surface area contributed by atoms with Gasteiger partial charge in [0.2, 0.25) is 0 Å². The van der Waals surface area contributed by atoms with Gasteiger partial charge in [0.05, 0.1) is 0 Å². The van der Waals surface area contributed by atoms with Crippen molar-refractivity contribution in [2.75, 3.05) is 6.61 Å². The first-order valence-corrected chi connectivity index (χ1v) is 11.8. The molecule has 27 heavy (non-hydrogen) atoms. The van der Waals surface area contributed by atoms with Crippen LogP contribution in [-0.2, 0) is 9.22 Å². The first kappa shape index (κ1) is 19.8. The van der Waals surface area contributed by atoms with Crippen LogP contribution in [0.3, 0.4) is 0 Å². The molecule has 2 aromatic rings. The fourth-order valence-electron chi connectivity index (χ4n) is 4.19. The van der Waals surface area contributed by atoms with E-state index in [1.807, 2.05) is 0 Å². The lowest BCUT2D eigenvalue weighted by Crippen LogP contribution is -2.66. The molecule has 0 amide bonds. The third-order valence-electron chi connectivity index (χ3n) is 5.56. The summed E-state index contributed by atoms with van der Waals surface area (Å²) in [7, 11) is -2.52. The molecule has 3 heteroatoms. The van der Waals surface area contributed by atoms with Gasteiger partial charge >= 0.3 is 0 Å². The Morgan fingerprint density at radius 2 is 1.48 bits per heavy atom. The van der Waals surface area contributed by atoms with E-state index in [1.165, 1.54) is 10.4 Å². The minimum Gasteiger partial charge on any atom is -0.407 e. The van der Waals surface area contributed by atoms with Gasteiger partial charge in [0.1, 0.15) is 0 Å². The second-order valence-electron chi connectivity index (χ2n) is 8.50. The summed E-state index contributed by atoms with van der Waals surface area (Å²) < 4.78 is 6.93. The van der Waals surface area contributed by atoms with Gasteiger partial charge in [0.15, 0.2) is 5.78 Å². The highest BCUT2D eigenvalue weighted by atomic mass is 28.4. The average molecular weight is 379 g/mol. The molecule has 1 aliphatic rings. The van der Waals surface area contributed by atoms with Gasteiger partial charge in [-0.05, 0) is 27.4 Å². The number of benzene rings is 2. The van der Waals surface area contributed by atoms with Crippen molar-refractivity contribution < 1.29 is 9.22 Å². The number of carbonyl (C=O) groups excluding carboxylic acids is 1. The molecule has 0 saturated heterocycles. The van der Waals surface area contributed by atoms with Crippen LogP contribution in [0.2, 0.25) is 5.04 Å². The number of ketones is 1. The highest BCUT2D eigenvalue weighted by Gasteiger charge is 2.50. The van der Waals surface area contributed by atoms with Crippen LogP contribution in [0.25, 0.3) is 0 Å². The van der Waals surface area contributed by atoms with Gasteiger partial charge in [-0.25, -0.2) is 0 Å². The predicted octanol–water partition coefficient (Wildman–Crippen LogP) is 4.49. The monoisotopic (exact) mass is 378 g/mol. The minimum absolute atomic E-state index is 0.0382. The number of hydrogen-bond donors (Lipinski definition) is 0. The lowest BCUT2D eigenvalue weighted by molar-refractivity contribution is -0.115. The third kappa shape index (κ3) is 3.85. The van der Waals surface area contributed by atoms with E-state index >= 15 is 0 Å². The fraction of sp³-hybridized carbons (Fsp3) is 0.375. The van der Waals surface area contributed by atoms with Crippen molar-refractivity contribution in [3.8, 4) is 0 Å². The summed E-state index contributed by atoms with van der Waals surface area (Å²) in [5.41, 5.74) is 0.952. The topological polar surface area (TPSA) is 26.3 Å². The molecule has 0 radical (unpaired) electrons. The number of hydrogen-bond acceptors (Lipinski definition) is 2. The van der Waals surface area contributed by atoms with E-state index in [4.69, 9.17) is 4.43 Å². The van der Waals surface area contributed by atoms with Crippen molar-refractivity contribution in [2.24, 2.45) is 5.92 Å². The molecular weight excluding hydrogens is 348 g/mol. The maximum absolute atomic E-state index is 12.2. The molecule has 1 aliphatic carbocycles. The maximum atomic E-state index is 12.2. The molecule has 2 aromatic carbocycles. The fourth-order valence-corrected chi connectivity index (χ4v) is 8.85. The second-order valence-corrected chi connectivity index (χ2v) is 12.8. The van der Waals surface area contributed by atoms with Gasteiger partial charge in [-0.2, -0.15) is 0 Å². The van der Waals surface area contributed by atoms with Gasteiger partial charge in [-0.3, -0.25) is 4.79 Å². The van der Waals surface area contributed by atoms with Crippen molar-refractivity contribution in [2.45, 2.75) is 45.6 Å². The number of rotatable bonds is 6. The Morgan fingerprint density at radius 1 is 0.963 bits per heavy atom. The maximum Gasteiger partial charge on any atom is 0.261 e. The van der Waals surface area contributed by atoms with Crippen molar-refractivity contribution >= 4 is 24.5 Å². The van der Waals surface area contributed by atoms with Crippen molar-refractivity contribution in [3.63, 3.8) is 0 Å². The van der Waals surface area contributed by atoms with Crippen LogP contribution in [-0.4, -0.2) is 20.7 Å². The highest BCUT2D eigenvalue weighted by Crippen LogP contribution is 2.37. The molecular formula is C24H30O2Si. The highest BCUT2D eigenvalue weighted by molar-refractivity contribution is 6.99. The number of allylic oxidation sites excluding steroid dienone is 1. The Morgan fingerprint density at radius 3 is 1.89 bits per heavy atom. The van der Waals surface area contributed by atoms with Crippen LogP contribution < -0.4 is 10.4 Å². The van der Waals surface area contributed by atoms with E-state index in [1.54, 1.807) is 0 Å². The quantitative estimate of drug-likeness (QED) is 0.692. The lowest BCUT2D eigenvalue weighted by atomic mass is 10.0. The van der Waals surface area contributed by atoms with E-state index in [-0.39, 0.29) is 16.7 Å². The summed E-state index contributed by atoms with van der Waals surface area (Å²) in [6.07, 6.45) is 3.62.